The van der Waals surface area contributed by atoms with Crippen molar-refractivity contribution in [1.29, 1.82) is 15.8 Å². The molecule has 0 N–H and O–H groups in total. The van der Waals surface area contributed by atoms with Crippen molar-refractivity contribution in [3.05, 3.63) is 216 Å². The lowest BCUT2D eigenvalue weighted by Gasteiger charge is -2.28. The smallest absolute Gasteiger partial charge is 0.137 e. The van der Waals surface area contributed by atoms with E-state index in [-0.39, 0.29) is 0 Å². The molecule has 0 spiro atoms. The Morgan fingerprint density at radius 1 is 0.352 bits per heavy atom. The van der Waals surface area contributed by atoms with Gasteiger partial charge in [0.15, 0.2) is 0 Å². The Kier molecular flexibility index (Phi) is 8.55. The molecule has 328 valence electrons. The zero-order valence-electron chi connectivity index (χ0n) is 38.0. The van der Waals surface area contributed by atoms with Crippen molar-refractivity contribution in [2.45, 2.75) is 6.92 Å². The van der Waals surface area contributed by atoms with Crippen LogP contribution < -0.4 is 0 Å². The maximum absolute atomic E-state index is 12.3. The summed E-state index contributed by atoms with van der Waals surface area (Å²) in [7, 11) is 0. The fourth-order valence-corrected chi connectivity index (χ4v) is 11.3. The molecule has 0 unspecified atom stereocenters. The number of hydrogen-bond acceptors (Lipinski definition) is 5. The number of aryl methyl sites for hydroxylation is 1. The van der Waals surface area contributed by atoms with Gasteiger partial charge in [0.05, 0.1) is 73.0 Å². The predicted octanol–water partition coefficient (Wildman–Crippen LogP) is 16.6. The van der Waals surface area contributed by atoms with Gasteiger partial charge in [0, 0.05) is 49.0 Å². The quantitative estimate of drug-likeness (QED) is 0.171. The van der Waals surface area contributed by atoms with Crippen molar-refractivity contribution in [1.82, 2.24) is 9.13 Å². The van der Waals surface area contributed by atoms with Crippen LogP contribution in [0, 0.1) is 40.9 Å². The lowest BCUT2D eigenvalue weighted by molar-refractivity contribution is 0.669. The maximum atomic E-state index is 12.3. The molecule has 0 aliphatic heterocycles. The summed E-state index contributed by atoms with van der Waals surface area (Å²) < 4.78 is 18.0. The van der Waals surface area contributed by atoms with Gasteiger partial charge in [-0.2, -0.15) is 15.8 Å². The molecule has 0 saturated heterocycles. The second-order valence-corrected chi connectivity index (χ2v) is 18.1. The monoisotopic (exact) mass is 905 g/mol. The van der Waals surface area contributed by atoms with Crippen LogP contribution in [0.1, 0.15) is 22.3 Å². The van der Waals surface area contributed by atoms with E-state index in [9.17, 15) is 15.8 Å². The summed E-state index contributed by atoms with van der Waals surface area (Å²) in [5, 5.41) is 40.7. The Morgan fingerprint density at radius 2 is 0.746 bits per heavy atom. The number of hydrogen-bond donors (Lipinski definition) is 0. The van der Waals surface area contributed by atoms with E-state index in [1.54, 1.807) is 0 Å². The third-order valence-electron chi connectivity index (χ3n) is 14.3. The molecule has 7 nitrogen and oxygen atoms in total. The van der Waals surface area contributed by atoms with E-state index in [0.29, 0.717) is 22.3 Å². The molecule has 4 heterocycles. The molecule has 0 bridgehead atoms. The van der Waals surface area contributed by atoms with Gasteiger partial charge in [-0.05, 0) is 96.4 Å². The van der Waals surface area contributed by atoms with Crippen LogP contribution in [0.5, 0.6) is 0 Å². The summed E-state index contributed by atoms with van der Waals surface area (Å²) in [5.41, 5.74) is 15.5. The SMILES string of the molecule is Cc1ccc(-c2c(C#N)c(-c3ccc(C#N)cc3)c(-n3c4ccccc4c4ccc5oc6ccccc6c5c43)c(-c3ccc(C#N)cc3)c2-n2c3ccccc3c3ccc4oc5ccccc5c4c32)cc1. The molecular formula is C64H35N5O2. The van der Waals surface area contributed by atoms with Gasteiger partial charge >= 0.3 is 0 Å². The number of para-hydroxylation sites is 4. The van der Waals surface area contributed by atoms with E-state index < -0.39 is 0 Å². The number of benzene rings is 10. The summed E-state index contributed by atoms with van der Waals surface area (Å²) in [6.07, 6.45) is 0. The Labute approximate surface area is 405 Å². The number of nitrogens with zero attached hydrogens (tertiary/aromatic N) is 5. The van der Waals surface area contributed by atoms with Crippen molar-refractivity contribution in [3.8, 4) is 63.0 Å². The van der Waals surface area contributed by atoms with Crippen LogP contribution in [0.3, 0.4) is 0 Å². The van der Waals surface area contributed by atoms with Gasteiger partial charge in [-0.1, -0.05) is 127 Å². The Bertz CT molecular complexity index is 4720. The lowest BCUT2D eigenvalue weighted by atomic mass is 9.83. The van der Waals surface area contributed by atoms with Gasteiger partial charge in [0.2, 0.25) is 0 Å². The van der Waals surface area contributed by atoms with E-state index in [4.69, 9.17) is 8.83 Å². The largest absolute Gasteiger partial charge is 0.456 e. The number of fused-ring (bicyclic) bond motifs is 14. The first-order valence-corrected chi connectivity index (χ1v) is 23.4. The Hall–Kier alpha value is -10.1. The van der Waals surface area contributed by atoms with Crippen molar-refractivity contribution in [2.24, 2.45) is 0 Å². The van der Waals surface area contributed by atoms with Crippen LogP contribution in [0.2, 0.25) is 0 Å². The summed E-state index contributed by atoms with van der Waals surface area (Å²) in [4.78, 5) is 0. The highest BCUT2D eigenvalue weighted by atomic mass is 16.3. The zero-order valence-corrected chi connectivity index (χ0v) is 38.0. The van der Waals surface area contributed by atoms with E-state index in [0.717, 1.165) is 132 Å². The number of aromatic nitrogens is 2. The number of nitriles is 3. The molecule has 0 fully saturated rings. The predicted molar refractivity (Wildman–Crippen MR) is 285 cm³/mol. The first-order chi connectivity index (χ1) is 35.0. The lowest BCUT2D eigenvalue weighted by Crippen LogP contribution is -2.11. The van der Waals surface area contributed by atoms with Gasteiger partial charge in [0.1, 0.15) is 28.4 Å². The first kappa shape index (κ1) is 40.0. The summed E-state index contributed by atoms with van der Waals surface area (Å²) in [6.45, 7) is 2.07. The third-order valence-corrected chi connectivity index (χ3v) is 14.3. The molecule has 14 rings (SSSR count). The molecule has 0 amide bonds. The van der Waals surface area contributed by atoms with Crippen molar-refractivity contribution in [2.75, 3.05) is 0 Å². The van der Waals surface area contributed by atoms with E-state index in [1.165, 1.54) is 0 Å². The molecule has 7 heteroatoms. The van der Waals surface area contributed by atoms with Gasteiger partial charge in [-0.15, -0.1) is 0 Å². The highest BCUT2D eigenvalue weighted by Gasteiger charge is 2.33. The van der Waals surface area contributed by atoms with E-state index in [2.05, 4.69) is 143 Å². The highest BCUT2D eigenvalue weighted by Crippen LogP contribution is 2.54. The fraction of sp³-hybridized carbons (Fsp3) is 0.0156. The van der Waals surface area contributed by atoms with Crippen molar-refractivity contribution >= 4 is 87.5 Å². The average Bonchev–Trinajstić information content (AvgIpc) is 4.18. The van der Waals surface area contributed by atoms with Crippen LogP contribution in [-0.2, 0) is 0 Å². The minimum absolute atomic E-state index is 0.450. The molecule has 0 radical (unpaired) electrons. The zero-order chi connectivity index (χ0) is 47.5. The number of rotatable bonds is 5. The Balaban J connectivity index is 1.33. The fourth-order valence-electron chi connectivity index (χ4n) is 11.3. The van der Waals surface area contributed by atoms with Gasteiger partial charge in [-0.25, -0.2) is 0 Å². The molecule has 0 aliphatic carbocycles. The Morgan fingerprint density at radius 3 is 1.18 bits per heavy atom. The minimum Gasteiger partial charge on any atom is -0.456 e. The maximum Gasteiger partial charge on any atom is 0.137 e. The van der Waals surface area contributed by atoms with Crippen molar-refractivity contribution < 1.29 is 8.83 Å². The van der Waals surface area contributed by atoms with Crippen molar-refractivity contribution in [3.63, 3.8) is 0 Å². The summed E-state index contributed by atoms with van der Waals surface area (Å²) >= 11 is 0. The summed E-state index contributed by atoms with van der Waals surface area (Å²) in [6, 6.07) is 72.9. The van der Waals surface area contributed by atoms with Gasteiger partial charge in [0.25, 0.3) is 0 Å². The second-order valence-electron chi connectivity index (χ2n) is 18.1. The average molecular weight is 906 g/mol. The standard InChI is InChI=1S/C64H35N5O2/c1-37-18-24-40(25-19-37)56-49(36-67)57(41-26-20-38(34-65)21-27-41)64(69-51-15-7-3-11-44(51)46-31-33-55-60(62(46)69)48-13-5-9-17-53(48)71-55)58(42-28-22-39(35-66)23-29-42)63(56)68-50-14-6-2-10-43(50)45-30-32-54-59(61(45)68)47-12-4-8-16-52(47)70-54/h2-33H,1H3. The second kappa shape index (κ2) is 15.2. The van der Waals surface area contributed by atoms with Crippen LogP contribution >= 0.6 is 0 Å². The molecule has 0 saturated carbocycles. The van der Waals surface area contributed by atoms with Crippen LogP contribution in [-0.4, -0.2) is 9.13 Å². The molecule has 71 heavy (non-hydrogen) atoms. The highest BCUT2D eigenvalue weighted by molar-refractivity contribution is 6.27. The summed E-state index contributed by atoms with van der Waals surface area (Å²) in [5.74, 6) is 0. The van der Waals surface area contributed by atoms with Crippen LogP contribution in [0.25, 0.3) is 132 Å². The van der Waals surface area contributed by atoms with Crippen LogP contribution in [0.15, 0.2) is 203 Å². The van der Waals surface area contributed by atoms with E-state index >= 15 is 0 Å². The molecule has 0 aliphatic rings. The molecule has 14 aromatic rings. The van der Waals surface area contributed by atoms with Crippen LogP contribution in [0.4, 0.5) is 0 Å². The molecule has 4 aromatic heterocycles. The third kappa shape index (κ3) is 5.68. The first-order valence-electron chi connectivity index (χ1n) is 23.4. The molecule has 0 atom stereocenters. The topological polar surface area (TPSA) is 108 Å². The molecular weight excluding hydrogens is 871 g/mol. The molecule has 10 aromatic carbocycles. The van der Waals surface area contributed by atoms with E-state index in [1.807, 2.05) is 84.9 Å². The van der Waals surface area contributed by atoms with Gasteiger partial charge < -0.3 is 18.0 Å². The minimum atomic E-state index is 0.450. The van der Waals surface area contributed by atoms with Gasteiger partial charge in [-0.3, -0.25) is 0 Å². The normalized spacial score (nSPS) is 11.7. The number of furan rings is 2.